The van der Waals surface area contributed by atoms with Crippen molar-refractivity contribution in [3.05, 3.63) is 265 Å². The van der Waals surface area contributed by atoms with Crippen LogP contribution in [-0.4, -0.2) is 0 Å². The molecule has 0 saturated carbocycles. The van der Waals surface area contributed by atoms with Crippen LogP contribution < -0.4 is 0 Å². The first-order valence-corrected chi connectivity index (χ1v) is 25.3. The second-order valence-corrected chi connectivity index (χ2v) is 19.6. The highest BCUT2D eigenvalue weighted by molar-refractivity contribution is 6.27. The van der Waals surface area contributed by atoms with Gasteiger partial charge in [0.1, 0.15) is 0 Å². The molecule has 0 bridgehead atoms. The van der Waals surface area contributed by atoms with Crippen LogP contribution in [0, 0.1) is 27.7 Å². The molecule has 0 heteroatoms. The van der Waals surface area contributed by atoms with Gasteiger partial charge in [0.25, 0.3) is 0 Å². The molecule has 0 heterocycles. The molecule has 0 saturated heterocycles. The maximum absolute atomic E-state index is 2.31. The third kappa shape index (κ3) is 6.90. The van der Waals surface area contributed by atoms with E-state index < -0.39 is 0 Å². The molecule has 0 atom stereocenters. The van der Waals surface area contributed by atoms with Crippen LogP contribution in [0.25, 0.3) is 131 Å². The van der Waals surface area contributed by atoms with E-state index >= 15 is 0 Å². The zero-order chi connectivity index (χ0) is 48.5. The minimum atomic E-state index is 1.30. The van der Waals surface area contributed by atoms with Gasteiger partial charge in [-0.25, -0.2) is 0 Å². The van der Waals surface area contributed by atoms with Crippen LogP contribution in [0.2, 0.25) is 0 Å². The lowest BCUT2D eigenvalue weighted by atomic mass is 9.83. The van der Waals surface area contributed by atoms with Crippen LogP contribution in [0.4, 0.5) is 0 Å². The molecular weight excluding hydrogens is 865 g/mol. The highest BCUT2D eigenvalue weighted by Crippen LogP contribution is 2.49. The first-order chi connectivity index (χ1) is 35.4. The Morgan fingerprint density at radius 3 is 0.444 bits per heavy atom. The van der Waals surface area contributed by atoms with Crippen LogP contribution in [0.1, 0.15) is 22.3 Å². The summed E-state index contributed by atoms with van der Waals surface area (Å²) in [6, 6.07) is 89.3. The molecular formula is C72H52. The van der Waals surface area contributed by atoms with E-state index in [1.165, 1.54) is 153 Å². The van der Waals surface area contributed by atoms with Crippen LogP contribution in [0.5, 0.6) is 0 Å². The largest absolute Gasteiger partial charge is 0.0616 e. The van der Waals surface area contributed by atoms with Gasteiger partial charge in [0.05, 0.1) is 0 Å². The molecule has 0 nitrogen and oxygen atoms in total. The summed E-state index contributed by atoms with van der Waals surface area (Å²) in [5.74, 6) is 0. The van der Waals surface area contributed by atoms with Gasteiger partial charge >= 0.3 is 0 Å². The third-order valence-corrected chi connectivity index (χ3v) is 15.5. The second kappa shape index (κ2) is 17.5. The van der Waals surface area contributed by atoms with Gasteiger partial charge in [-0.3, -0.25) is 0 Å². The monoisotopic (exact) mass is 916 g/mol. The SMILES string of the molecule is Cc1ccc(-c2c3ccccc3c(-c3ccc(C)c4ccccc34)c3ccccc23)c2ccccc12.Cc1ccc(-c2c3ccccc3c(-c3ccc(C)c4ccccc34)c3ccccc23)c2ccccc12. The average molecular weight is 917 g/mol. The minimum Gasteiger partial charge on any atom is -0.0616 e. The second-order valence-electron chi connectivity index (χ2n) is 19.6. The Kier molecular flexibility index (Phi) is 10.5. The molecule has 0 unspecified atom stereocenters. The smallest absolute Gasteiger partial charge is 0.00201 e. The lowest BCUT2D eigenvalue weighted by Crippen LogP contribution is -1.93. The zero-order valence-electron chi connectivity index (χ0n) is 41.1. The van der Waals surface area contributed by atoms with Gasteiger partial charge in [-0.15, -0.1) is 0 Å². The highest BCUT2D eigenvalue weighted by atomic mass is 14.2. The Hall–Kier alpha value is -8.84. The molecule has 14 aromatic carbocycles. The molecule has 0 aromatic heterocycles. The zero-order valence-corrected chi connectivity index (χ0v) is 41.1. The standard InChI is InChI=1S/2C36H26/c2*1-23-19-21-33(27-13-5-3-11-25(23)27)35-29-15-7-9-17-31(29)36(32-18-10-8-16-30(32)35)34-22-20-24(2)26-12-4-6-14-28(26)34/h2*3-22H,1-2H3. The summed E-state index contributed by atoms with van der Waals surface area (Å²) in [7, 11) is 0. The van der Waals surface area contributed by atoms with Crippen LogP contribution >= 0.6 is 0 Å². The van der Waals surface area contributed by atoms with Crippen molar-refractivity contribution in [1.82, 2.24) is 0 Å². The first-order valence-electron chi connectivity index (χ1n) is 25.3. The number of rotatable bonds is 4. The summed E-state index contributed by atoms with van der Waals surface area (Å²) in [6.07, 6.45) is 0. The molecule has 340 valence electrons. The third-order valence-electron chi connectivity index (χ3n) is 15.5. The molecule has 0 spiro atoms. The molecule has 14 rings (SSSR count). The number of hydrogen-bond acceptors (Lipinski definition) is 0. The molecule has 0 fully saturated rings. The molecule has 0 aliphatic heterocycles. The molecule has 72 heavy (non-hydrogen) atoms. The molecule has 0 N–H and O–H groups in total. The summed E-state index contributed by atoms with van der Waals surface area (Å²) in [5.41, 5.74) is 15.7. The Bertz CT molecular complexity index is 3800. The van der Waals surface area contributed by atoms with E-state index in [1.54, 1.807) is 0 Å². The van der Waals surface area contributed by atoms with Gasteiger partial charge in [0, 0.05) is 0 Å². The van der Waals surface area contributed by atoms with Crippen molar-refractivity contribution in [2.75, 3.05) is 0 Å². The minimum absolute atomic E-state index is 1.30. The van der Waals surface area contributed by atoms with E-state index in [4.69, 9.17) is 0 Å². The van der Waals surface area contributed by atoms with E-state index in [-0.39, 0.29) is 0 Å². The fraction of sp³-hybridized carbons (Fsp3) is 0.0556. The summed E-state index contributed by atoms with van der Waals surface area (Å²) >= 11 is 0. The van der Waals surface area contributed by atoms with E-state index in [1.807, 2.05) is 0 Å². The van der Waals surface area contributed by atoms with Crippen LogP contribution in [-0.2, 0) is 0 Å². The van der Waals surface area contributed by atoms with E-state index in [0.717, 1.165) is 0 Å². The van der Waals surface area contributed by atoms with Gasteiger partial charge in [-0.2, -0.15) is 0 Å². The van der Waals surface area contributed by atoms with Crippen molar-refractivity contribution in [3.63, 3.8) is 0 Å². The molecule has 0 aliphatic rings. The van der Waals surface area contributed by atoms with Gasteiger partial charge < -0.3 is 0 Å². The fourth-order valence-corrected chi connectivity index (χ4v) is 12.1. The van der Waals surface area contributed by atoms with E-state index in [9.17, 15) is 0 Å². The van der Waals surface area contributed by atoms with Gasteiger partial charge in [-0.05, 0) is 181 Å². The number of hydrogen-bond donors (Lipinski definition) is 0. The quantitative estimate of drug-likeness (QED) is 0.154. The van der Waals surface area contributed by atoms with Crippen molar-refractivity contribution >= 4 is 86.2 Å². The fourth-order valence-electron chi connectivity index (χ4n) is 12.1. The Morgan fingerprint density at radius 1 is 0.139 bits per heavy atom. The van der Waals surface area contributed by atoms with Crippen molar-refractivity contribution in [3.8, 4) is 44.5 Å². The van der Waals surface area contributed by atoms with Crippen molar-refractivity contribution < 1.29 is 0 Å². The molecule has 0 amide bonds. The Balaban J connectivity index is 0.000000140. The Morgan fingerprint density at radius 2 is 0.278 bits per heavy atom. The number of aryl methyl sites for hydroxylation is 4. The first kappa shape index (κ1) is 43.2. The normalized spacial score (nSPS) is 11.6. The van der Waals surface area contributed by atoms with E-state index in [2.05, 4.69) is 270 Å². The predicted octanol–water partition coefficient (Wildman–Crippen LogP) is 20.5. The molecule has 14 aromatic rings. The number of fused-ring (bicyclic) bond motifs is 8. The lowest BCUT2D eigenvalue weighted by Gasteiger charge is -2.20. The van der Waals surface area contributed by atoms with Gasteiger partial charge in [-0.1, -0.05) is 243 Å². The summed E-state index contributed by atoms with van der Waals surface area (Å²) in [5, 5.41) is 20.9. The molecule has 0 aliphatic carbocycles. The van der Waals surface area contributed by atoms with Crippen molar-refractivity contribution in [2.45, 2.75) is 27.7 Å². The summed E-state index contributed by atoms with van der Waals surface area (Å²) in [4.78, 5) is 0. The van der Waals surface area contributed by atoms with E-state index in [0.29, 0.717) is 0 Å². The molecule has 0 radical (unpaired) electrons. The maximum Gasteiger partial charge on any atom is -0.00201 e. The van der Waals surface area contributed by atoms with Crippen LogP contribution in [0.3, 0.4) is 0 Å². The summed E-state index contributed by atoms with van der Waals surface area (Å²) < 4.78 is 0. The van der Waals surface area contributed by atoms with Gasteiger partial charge in [0.15, 0.2) is 0 Å². The lowest BCUT2D eigenvalue weighted by molar-refractivity contribution is 1.53. The maximum atomic E-state index is 2.31. The topological polar surface area (TPSA) is 0 Å². The number of benzene rings is 14. The van der Waals surface area contributed by atoms with Gasteiger partial charge in [0.2, 0.25) is 0 Å². The van der Waals surface area contributed by atoms with Crippen molar-refractivity contribution in [2.24, 2.45) is 0 Å². The Labute approximate surface area is 421 Å². The summed E-state index contributed by atoms with van der Waals surface area (Å²) in [6.45, 7) is 8.81. The average Bonchev–Trinajstić information content (AvgIpc) is 3.43. The van der Waals surface area contributed by atoms with Crippen molar-refractivity contribution in [1.29, 1.82) is 0 Å². The highest BCUT2D eigenvalue weighted by Gasteiger charge is 2.22. The van der Waals surface area contributed by atoms with Crippen LogP contribution in [0.15, 0.2) is 243 Å². The predicted molar refractivity (Wildman–Crippen MR) is 314 cm³/mol.